The van der Waals surface area contributed by atoms with E-state index in [1.54, 1.807) is 0 Å². The molecule has 1 rings (SSSR count). The van der Waals surface area contributed by atoms with Gasteiger partial charge in [-0.15, -0.1) is 15.9 Å². The summed E-state index contributed by atoms with van der Waals surface area (Å²) in [7, 11) is 0. The minimum atomic E-state index is 0. The second kappa shape index (κ2) is 7.16. The zero-order valence-electron chi connectivity index (χ0n) is 4.77. The van der Waals surface area contributed by atoms with Crippen molar-refractivity contribution in [2.24, 2.45) is 0 Å². The second-order valence-corrected chi connectivity index (χ2v) is 2.14. The Bertz CT molecular complexity index is 143. The number of halogens is 2. The van der Waals surface area contributed by atoms with E-state index in [9.17, 15) is 0 Å². The van der Waals surface area contributed by atoms with Crippen LogP contribution in [0.1, 0.15) is 0 Å². The van der Waals surface area contributed by atoms with Crippen LogP contribution in [-0.2, 0) is 19.5 Å². The summed E-state index contributed by atoms with van der Waals surface area (Å²) in [6, 6.07) is 10.6. The average Bonchev–Trinajstić information content (AvgIpc) is 1.69. The Morgan fingerprint density at radius 3 is 2.33 bits per heavy atom. The van der Waals surface area contributed by atoms with E-state index in [0.29, 0.717) is 0 Å². The maximum atomic E-state index is 3.28. The van der Waals surface area contributed by atoms with Gasteiger partial charge in [0.2, 0.25) is 0 Å². The predicted octanol–water partition coefficient (Wildman–Crippen LogP) is -0.749. The molecule has 0 radical (unpaired) electrons. The fourth-order valence-corrected chi connectivity index (χ4v) is 0.656. The molecular weight excluding hydrogens is 344 g/mol. The van der Waals surface area contributed by atoms with Crippen LogP contribution in [0.3, 0.4) is 0 Å². The third-order valence-corrected chi connectivity index (χ3v) is 1.16. The molecule has 0 saturated heterocycles. The molecule has 1 aromatic rings. The van der Waals surface area contributed by atoms with Crippen LogP contribution in [0.15, 0.2) is 28.7 Å². The second-order valence-electron chi connectivity index (χ2n) is 1.22. The molecule has 0 atom stereocenters. The van der Waals surface area contributed by atoms with Gasteiger partial charge in [0.1, 0.15) is 0 Å². The van der Waals surface area contributed by atoms with Crippen LogP contribution in [0.2, 0.25) is 0 Å². The Morgan fingerprint density at radius 2 is 2.11 bits per heavy atom. The standard InChI is InChI=1S/C6H4Br.HI.Zn/c7-6-4-2-1-3-5-6;;/h1-2,4-5H;1H;/q-1;;+2/p-1. The van der Waals surface area contributed by atoms with E-state index >= 15 is 0 Å². The van der Waals surface area contributed by atoms with Gasteiger partial charge in [-0.3, -0.25) is 0 Å². The molecule has 0 aliphatic rings. The molecule has 0 unspecified atom stereocenters. The number of hydrogen-bond donors (Lipinski definition) is 0. The molecule has 0 aromatic heterocycles. The van der Waals surface area contributed by atoms with E-state index in [1.807, 2.05) is 24.3 Å². The summed E-state index contributed by atoms with van der Waals surface area (Å²) in [6.45, 7) is 0. The summed E-state index contributed by atoms with van der Waals surface area (Å²) in [5.74, 6) is 0. The molecule has 0 saturated carbocycles. The summed E-state index contributed by atoms with van der Waals surface area (Å²) >= 11 is 3.28. The van der Waals surface area contributed by atoms with Crippen LogP contribution in [0.5, 0.6) is 0 Å². The molecule has 0 amide bonds. The Morgan fingerprint density at radius 1 is 1.44 bits per heavy atom. The summed E-state index contributed by atoms with van der Waals surface area (Å²) < 4.78 is 1.08. The van der Waals surface area contributed by atoms with Crippen molar-refractivity contribution < 1.29 is 43.5 Å². The van der Waals surface area contributed by atoms with Crippen LogP contribution in [0.4, 0.5) is 0 Å². The first-order valence-electron chi connectivity index (χ1n) is 2.01. The first-order valence-corrected chi connectivity index (χ1v) is 2.80. The summed E-state index contributed by atoms with van der Waals surface area (Å²) in [4.78, 5) is 0. The Labute approximate surface area is 93.3 Å². The number of benzene rings is 1. The predicted molar refractivity (Wildman–Crippen MR) is 33.0 cm³/mol. The summed E-state index contributed by atoms with van der Waals surface area (Å²) in [5, 5.41) is 0. The van der Waals surface area contributed by atoms with Crippen molar-refractivity contribution in [2.75, 3.05) is 0 Å². The third kappa shape index (κ3) is 5.50. The van der Waals surface area contributed by atoms with Crippen molar-refractivity contribution in [2.45, 2.75) is 0 Å². The van der Waals surface area contributed by atoms with E-state index in [1.165, 1.54) is 0 Å². The molecule has 44 valence electrons. The minimum absolute atomic E-state index is 0. The van der Waals surface area contributed by atoms with Gasteiger partial charge >= 0.3 is 19.5 Å². The zero-order chi connectivity index (χ0) is 5.11. The van der Waals surface area contributed by atoms with Crippen LogP contribution in [0, 0.1) is 6.07 Å². The van der Waals surface area contributed by atoms with Crippen molar-refractivity contribution >= 4 is 15.9 Å². The fraction of sp³-hybridized carbons (Fsp3) is 0. The zero-order valence-corrected chi connectivity index (χ0v) is 11.5. The van der Waals surface area contributed by atoms with Crippen LogP contribution < -0.4 is 24.0 Å². The topological polar surface area (TPSA) is 0 Å². The fourth-order valence-electron chi connectivity index (χ4n) is 0.371. The van der Waals surface area contributed by atoms with Gasteiger partial charge in [-0.05, 0) is 0 Å². The van der Waals surface area contributed by atoms with Crippen molar-refractivity contribution in [3.8, 4) is 0 Å². The SMILES string of the molecule is Brc1c[c-]ccc1.[I-].[Zn+2]. The number of hydrogen-bond acceptors (Lipinski definition) is 0. The van der Waals surface area contributed by atoms with Gasteiger partial charge in [0.05, 0.1) is 0 Å². The molecule has 1 aromatic carbocycles. The Balaban J connectivity index is 0. The van der Waals surface area contributed by atoms with Gasteiger partial charge in [-0.2, -0.15) is 30.3 Å². The summed E-state index contributed by atoms with van der Waals surface area (Å²) in [5.41, 5.74) is 0. The molecule has 9 heavy (non-hydrogen) atoms. The van der Waals surface area contributed by atoms with Crippen LogP contribution in [0.25, 0.3) is 0 Å². The first kappa shape index (κ1) is 12.7. The molecule has 0 nitrogen and oxygen atoms in total. The molecular formula is C6H4BrIZn. The minimum Gasteiger partial charge on any atom is -1.00 e. The maximum absolute atomic E-state index is 3.28. The molecule has 0 fully saturated rings. The van der Waals surface area contributed by atoms with E-state index in [4.69, 9.17) is 0 Å². The Hall–Kier alpha value is 1.05. The van der Waals surface area contributed by atoms with Gasteiger partial charge in [-0.1, -0.05) is 4.47 Å². The van der Waals surface area contributed by atoms with Gasteiger partial charge in [0, 0.05) is 0 Å². The smallest absolute Gasteiger partial charge is 1.00 e. The van der Waals surface area contributed by atoms with Gasteiger partial charge < -0.3 is 24.0 Å². The van der Waals surface area contributed by atoms with Crippen molar-refractivity contribution in [1.29, 1.82) is 0 Å². The molecule has 0 bridgehead atoms. The van der Waals surface area contributed by atoms with E-state index < -0.39 is 0 Å². The first-order chi connectivity index (χ1) is 3.39. The third-order valence-electron chi connectivity index (χ3n) is 0.669. The van der Waals surface area contributed by atoms with E-state index in [0.717, 1.165) is 4.47 Å². The van der Waals surface area contributed by atoms with Crippen molar-refractivity contribution in [1.82, 2.24) is 0 Å². The van der Waals surface area contributed by atoms with Crippen molar-refractivity contribution in [3.63, 3.8) is 0 Å². The Kier molecular flexibility index (Phi) is 10.1. The average molecular weight is 348 g/mol. The summed E-state index contributed by atoms with van der Waals surface area (Å²) in [6.07, 6.45) is 0. The van der Waals surface area contributed by atoms with Crippen LogP contribution >= 0.6 is 15.9 Å². The molecule has 0 N–H and O–H groups in total. The quantitative estimate of drug-likeness (QED) is 0.329. The van der Waals surface area contributed by atoms with Crippen molar-refractivity contribution in [3.05, 3.63) is 34.8 Å². The molecule has 0 spiro atoms. The van der Waals surface area contributed by atoms with Gasteiger partial charge in [0.25, 0.3) is 0 Å². The molecule has 0 aliphatic heterocycles. The molecule has 3 heteroatoms. The van der Waals surface area contributed by atoms with Gasteiger partial charge in [-0.25, -0.2) is 0 Å². The van der Waals surface area contributed by atoms with Gasteiger partial charge in [0.15, 0.2) is 0 Å². The van der Waals surface area contributed by atoms with E-state index in [2.05, 4.69) is 22.0 Å². The largest absolute Gasteiger partial charge is 2.00 e. The maximum Gasteiger partial charge on any atom is 2.00 e. The molecule has 0 aliphatic carbocycles. The molecule has 0 heterocycles. The number of rotatable bonds is 0. The normalized spacial score (nSPS) is 6.78. The van der Waals surface area contributed by atoms with E-state index in [-0.39, 0.29) is 43.5 Å². The van der Waals surface area contributed by atoms with Crippen LogP contribution in [-0.4, -0.2) is 0 Å². The monoisotopic (exact) mass is 346 g/mol.